The Balaban J connectivity index is 2.26. The van der Waals surface area contributed by atoms with Crippen molar-refractivity contribution in [3.05, 3.63) is 18.0 Å². The Hall–Kier alpha value is -0.310. The van der Waals surface area contributed by atoms with Gasteiger partial charge in [0.25, 0.3) is 0 Å². The highest BCUT2D eigenvalue weighted by Gasteiger charge is 2.06. The molecule has 80 valence electrons. The normalized spacial score (nSPS) is 15.4. The van der Waals surface area contributed by atoms with Crippen LogP contribution >= 0.6 is 15.9 Å². The molecule has 2 nitrogen and oxygen atoms in total. The molecule has 0 spiro atoms. The summed E-state index contributed by atoms with van der Waals surface area (Å²) in [7, 11) is 1.97. The Labute approximate surface area is 94.8 Å². The van der Waals surface area contributed by atoms with Gasteiger partial charge >= 0.3 is 0 Å². The van der Waals surface area contributed by atoms with Gasteiger partial charge in [-0.2, -0.15) is 5.10 Å². The fourth-order valence-electron chi connectivity index (χ4n) is 1.69. The van der Waals surface area contributed by atoms with E-state index in [2.05, 4.69) is 41.1 Å². The van der Waals surface area contributed by atoms with E-state index in [0.717, 1.165) is 12.3 Å². The smallest absolute Gasteiger partial charge is 0.0521 e. The van der Waals surface area contributed by atoms with Gasteiger partial charge in [-0.25, -0.2) is 0 Å². The molecular formula is C11H19BrN2. The first-order chi connectivity index (χ1) is 6.58. The molecule has 0 aromatic carbocycles. The summed E-state index contributed by atoms with van der Waals surface area (Å²) in [6.07, 6.45) is 7.71. The fourth-order valence-corrected chi connectivity index (χ4v) is 2.32. The third-order valence-corrected chi connectivity index (χ3v) is 2.79. The molecule has 0 radical (unpaired) electrons. The number of halogens is 1. The first-order valence-electron chi connectivity index (χ1n) is 5.19. The van der Waals surface area contributed by atoms with Crippen LogP contribution in [0.2, 0.25) is 0 Å². The molecule has 1 aromatic rings. The SMILES string of the molecule is CC(Br)CC(C)CCc1cnn(C)c1. The lowest BCUT2D eigenvalue weighted by molar-refractivity contribution is 0.495. The first-order valence-corrected chi connectivity index (χ1v) is 6.11. The number of hydrogen-bond donors (Lipinski definition) is 0. The number of nitrogens with zero attached hydrogens (tertiary/aromatic N) is 2. The van der Waals surface area contributed by atoms with Crippen molar-refractivity contribution in [2.45, 2.75) is 37.9 Å². The highest BCUT2D eigenvalue weighted by atomic mass is 79.9. The van der Waals surface area contributed by atoms with Gasteiger partial charge in [0, 0.05) is 18.1 Å². The summed E-state index contributed by atoms with van der Waals surface area (Å²) in [5, 5.41) is 4.16. The molecule has 1 rings (SSSR count). The topological polar surface area (TPSA) is 17.8 Å². The van der Waals surface area contributed by atoms with E-state index >= 15 is 0 Å². The van der Waals surface area contributed by atoms with Gasteiger partial charge in [-0.1, -0.05) is 29.8 Å². The summed E-state index contributed by atoms with van der Waals surface area (Å²) in [5.41, 5.74) is 1.35. The van der Waals surface area contributed by atoms with E-state index < -0.39 is 0 Å². The average Bonchev–Trinajstić information content (AvgIpc) is 2.47. The van der Waals surface area contributed by atoms with E-state index in [1.165, 1.54) is 18.4 Å². The highest BCUT2D eigenvalue weighted by Crippen LogP contribution is 2.17. The summed E-state index contributed by atoms with van der Waals surface area (Å²) < 4.78 is 1.87. The van der Waals surface area contributed by atoms with Gasteiger partial charge in [0.2, 0.25) is 0 Å². The minimum atomic E-state index is 0.631. The number of hydrogen-bond acceptors (Lipinski definition) is 1. The molecule has 0 N–H and O–H groups in total. The van der Waals surface area contributed by atoms with Crippen LogP contribution in [0, 0.1) is 5.92 Å². The zero-order valence-electron chi connectivity index (χ0n) is 9.20. The van der Waals surface area contributed by atoms with E-state index in [1.54, 1.807) is 0 Å². The van der Waals surface area contributed by atoms with Crippen molar-refractivity contribution < 1.29 is 0 Å². The van der Waals surface area contributed by atoms with E-state index in [0.29, 0.717) is 4.83 Å². The first kappa shape index (κ1) is 11.8. The molecule has 0 aliphatic heterocycles. The van der Waals surface area contributed by atoms with Crippen molar-refractivity contribution >= 4 is 15.9 Å². The van der Waals surface area contributed by atoms with Crippen molar-refractivity contribution in [2.75, 3.05) is 0 Å². The van der Waals surface area contributed by atoms with Crippen LogP contribution in [0.3, 0.4) is 0 Å². The molecule has 0 fully saturated rings. The molecule has 0 saturated carbocycles. The fraction of sp³-hybridized carbons (Fsp3) is 0.727. The monoisotopic (exact) mass is 258 g/mol. The van der Waals surface area contributed by atoms with E-state index in [-0.39, 0.29) is 0 Å². The van der Waals surface area contributed by atoms with Crippen LogP contribution in [0.1, 0.15) is 32.3 Å². The van der Waals surface area contributed by atoms with Crippen molar-refractivity contribution in [3.63, 3.8) is 0 Å². The van der Waals surface area contributed by atoms with Gasteiger partial charge in [-0.3, -0.25) is 4.68 Å². The van der Waals surface area contributed by atoms with Crippen LogP contribution in [0.4, 0.5) is 0 Å². The van der Waals surface area contributed by atoms with Crippen molar-refractivity contribution in [1.82, 2.24) is 9.78 Å². The highest BCUT2D eigenvalue weighted by molar-refractivity contribution is 9.09. The lowest BCUT2D eigenvalue weighted by Crippen LogP contribution is -2.02. The van der Waals surface area contributed by atoms with Gasteiger partial charge in [-0.05, 0) is 30.7 Å². The maximum Gasteiger partial charge on any atom is 0.0521 e. The third kappa shape index (κ3) is 4.27. The molecule has 0 amide bonds. The van der Waals surface area contributed by atoms with Gasteiger partial charge in [0.05, 0.1) is 6.20 Å². The van der Waals surface area contributed by atoms with Crippen LogP contribution in [-0.4, -0.2) is 14.6 Å². The number of alkyl halides is 1. The van der Waals surface area contributed by atoms with Crippen molar-refractivity contribution in [2.24, 2.45) is 13.0 Å². The Morgan fingerprint density at radius 2 is 2.21 bits per heavy atom. The van der Waals surface area contributed by atoms with Crippen LogP contribution < -0.4 is 0 Å². The van der Waals surface area contributed by atoms with Gasteiger partial charge in [0.15, 0.2) is 0 Å². The quantitative estimate of drug-likeness (QED) is 0.743. The Morgan fingerprint density at radius 3 is 2.71 bits per heavy atom. The van der Waals surface area contributed by atoms with Crippen LogP contribution in [-0.2, 0) is 13.5 Å². The minimum absolute atomic E-state index is 0.631. The molecule has 0 bridgehead atoms. The molecule has 0 saturated heterocycles. The molecule has 2 atom stereocenters. The zero-order valence-corrected chi connectivity index (χ0v) is 10.8. The molecule has 2 unspecified atom stereocenters. The largest absolute Gasteiger partial charge is 0.276 e. The van der Waals surface area contributed by atoms with Gasteiger partial charge < -0.3 is 0 Å². The molecular weight excluding hydrogens is 240 g/mol. The lowest BCUT2D eigenvalue weighted by atomic mass is 9.98. The maximum atomic E-state index is 4.16. The predicted molar refractivity (Wildman–Crippen MR) is 63.7 cm³/mol. The standard InChI is InChI=1S/C11H19BrN2/c1-9(6-10(2)12)4-5-11-7-13-14(3)8-11/h7-10H,4-6H2,1-3H3. The molecule has 1 heterocycles. The van der Waals surface area contributed by atoms with Gasteiger partial charge in [-0.15, -0.1) is 0 Å². The second-order valence-electron chi connectivity index (χ2n) is 4.18. The van der Waals surface area contributed by atoms with E-state index in [1.807, 2.05) is 17.9 Å². The summed E-state index contributed by atoms with van der Waals surface area (Å²) in [4.78, 5) is 0.631. The third-order valence-electron chi connectivity index (χ3n) is 2.41. The van der Waals surface area contributed by atoms with Crippen LogP contribution in [0.15, 0.2) is 12.4 Å². The zero-order chi connectivity index (χ0) is 10.6. The van der Waals surface area contributed by atoms with Crippen molar-refractivity contribution in [1.29, 1.82) is 0 Å². The van der Waals surface area contributed by atoms with E-state index in [9.17, 15) is 0 Å². The summed E-state index contributed by atoms with van der Waals surface area (Å²) in [6.45, 7) is 4.52. The summed E-state index contributed by atoms with van der Waals surface area (Å²) in [6, 6.07) is 0. The lowest BCUT2D eigenvalue weighted by Gasteiger charge is -2.11. The summed E-state index contributed by atoms with van der Waals surface area (Å²) >= 11 is 3.59. The van der Waals surface area contributed by atoms with Crippen molar-refractivity contribution in [3.8, 4) is 0 Å². The average molecular weight is 259 g/mol. The Bertz CT molecular complexity index is 268. The second kappa shape index (κ2) is 5.54. The molecule has 14 heavy (non-hydrogen) atoms. The number of rotatable bonds is 5. The Kier molecular flexibility index (Phi) is 4.66. The van der Waals surface area contributed by atoms with Gasteiger partial charge in [0.1, 0.15) is 0 Å². The molecule has 1 aromatic heterocycles. The second-order valence-corrected chi connectivity index (χ2v) is 5.75. The summed E-state index contributed by atoms with van der Waals surface area (Å²) in [5.74, 6) is 0.782. The van der Waals surface area contributed by atoms with Crippen LogP contribution in [0.5, 0.6) is 0 Å². The number of aromatic nitrogens is 2. The maximum absolute atomic E-state index is 4.16. The Morgan fingerprint density at radius 1 is 1.50 bits per heavy atom. The molecule has 3 heteroatoms. The predicted octanol–water partition coefficient (Wildman–Crippen LogP) is 3.16. The molecule has 0 aliphatic rings. The van der Waals surface area contributed by atoms with Crippen LogP contribution in [0.25, 0.3) is 0 Å². The minimum Gasteiger partial charge on any atom is -0.276 e. The number of aryl methyl sites for hydroxylation is 2. The van der Waals surface area contributed by atoms with E-state index in [4.69, 9.17) is 0 Å². The molecule has 0 aliphatic carbocycles.